The Morgan fingerprint density at radius 3 is 2.45 bits per heavy atom. The van der Waals surface area contributed by atoms with Crippen molar-refractivity contribution < 1.29 is 9.18 Å². The molecule has 0 aliphatic carbocycles. The van der Waals surface area contributed by atoms with E-state index in [1.54, 1.807) is 12.1 Å². The number of hydrogen-bond acceptors (Lipinski definition) is 2. The van der Waals surface area contributed by atoms with Crippen molar-refractivity contribution in [2.45, 2.75) is 26.2 Å². The molecule has 0 fully saturated rings. The molecular weight excluding hydrogens is 365 g/mol. The minimum atomic E-state index is -0.303. The van der Waals surface area contributed by atoms with Crippen LogP contribution in [-0.4, -0.2) is 15.9 Å². The van der Waals surface area contributed by atoms with Gasteiger partial charge in [-0.25, -0.2) is 9.37 Å². The molecule has 1 heterocycles. The fraction of sp³-hybridized carbons (Fsp3) is 0.167. The quantitative estimate of drug-likeness (QED) is 0.490. The average Bonchev–Trinajstić information content (AvgIpc) is 3.11. The summed E-state index contributed by atoms with van der Waals surface area (Å²) in [4.78, 5) is 20.2. The minimum absolute atomic E-state index is 0.123. The van der Waals surface area contributed by atoms with Gasteiger partial charge in [-0.05, 0) is 66.4 Å². The van der Waals surface area contributed by atoms with Crippen LogP contribution in [0.5, 0.6) is 0 Å². The maximum absolute atomic E-state index is 12.9. The SMILES string of the molecule is Cc1ccc2nc(CCc3ccc(NC(=O)Cc4ccc(F)cc4)cc3)[nH]c2c1. The van der Waals surface area contributed by atoms with Gasteiger partial charge in [0.05, 0.1) is 17.5 Å². The van der Waals surface area contributed by atoms with Gasteiger partial charge in [0, 0.05) is 12.1 Å². The van der Waals surface area contributed by atoms with Crippen molar-refractivity contribution in [1.29, 1.82) is 0 Å². The smallest absolute Gasteiger partial charge is 0.228 e. The van der Waals surface area contributed by atoms with E-state index in [0.717, 1.165) is 41.0 Å². The van der Waals surface area contributed by atoms with Gasteiger partial charge in [0.25, 0.3) is 0 Å². The number of carbonyl (C=O) groups excluding carboxylic acids is 1. The molecular formula is C24H22FN3O. The van der Waals surface area contributed by atoms with Gasteiger partial charge in [-0.3, -0.25) is 4.79 Å². The van der Waals surface area contributed by atoms with Crippen molar-refractivity contribution in [1.82, 2.24) is 9.97 Å². The third-order valence-electron chi connectivity index (χ3n) is 4.85. The Labute approximate surface area is 168 Å². The molecule has 4 rings (SSSR count). The van der Waals surface area contributed by atoms with E-state index in [1.165, 1.54) is 23.3 Å². The highest BCUT2D eigenvalue weighted by molar-refractivity contribution is 5.92. The van der Waals surface area contributed by atoms with Crippen LogP contribution >= 0.6 is 0 Å². The number of imidazole rings is 1. The van der Waals surface area contributed by atoms with Gasteiger partial charge in [0.1, 0.15) is 11.6 Å². The van der Waals surface area contributed by atoms with E-state index in [1.807, 2.05) is 30.3 Å². The Morgan fingerprint density at radius 2 is 1.69 bits per heavy atom. The third kappa shape index (κ3) is 4.88. The van der Waals surface area contributed by atoms with Crippen molar-refractivity contribution in [3.8, 4) is 0 Å². The summed E-state index contributed by atoms with van der Waals surface area (Å²) in [5.74, 6) is 0.548. The van der Waals surface area contributed by atoms with E-state index in [4.69, 9.17) is 0 Å². The molecule has 0 saturated carbocycles. The van der Waals surface area contributed by atoms with E-state index in [2.05, 4.69) is 34.3 Å². The summed E-state index contributed by atoms with van der Waals surface area (Å²) < 4.78 is 12.9. The van der Waals surface area contributed by atoms with E-state index in [-0.39, 0.29) is 18.1 Å². The summed E-state index contributed by atoms with van der Waals surface area (Å²) in [6, 6.07) is 20.0. The van der Waals surface area contributed by atoms with Crippen molar-refractivity contribution in [3.05, 3.63) is 95.1 Å². The zero-order valence-electron chi connectivity index (χ0n) is 16.2. The predicted molar refractivity (Wildman–Crippen MR) is 113 cm³/mol. The van der Waals surface area contributed by atoms with Crippen molar-refractivity contribution in [2.24, 2.45) is 0 Å². The monoisotopic (exact) mass is 387 g/mol. The number of nitrogens with one attached hydrogen (secondary N) is 2. The highest BCUT2D eigenvalue weighted by atomic mass is 19.1. The van der Waals surface area contributed by atoms with Gasteiger partial charge in [-0.15, -0.1) is 0 Å². The van der Waals surface area contributed by atoms with Crippen LogP contribution < -0.4 is 5.32 Å². The lowest BCUT2D eigenvalue weighted by atomic mass is 10.1. The Bertz CT molecular complexity index is 1130. The maximum Gasteiger partial charge on any atom is 0.228 e. The van der Waals surface area contributed by atoms with Gasteiger partial charge in [0.2, 0.25) is 5.91 Å². The van der Waals surface area contributed by atoms with Crippen LogP contribution in [0.15, 0.2) is 66.7 Å². The topological polar surface area (TPSA) is 57.8 Å². The lowest BCUT2D eigenvalue weighted by molar-refractivity contribution is -0.115. The molecule has 0 unspecified atom stereocenters. The summed E-state index contributed by atoms with van der Waals surface area (Å²) in [5.41, 5.74) is 5.98. The predicted octanol–water partition coefficient (Wildman–Crippen LogP) is 4.98. The molecule has 0 aliphatic heterocycles. The molecule has 0 radical (unpaired) electrons. The molecule has 4 nitrogen and oxygen atoms in total. The first-order valence-electron chi connectivity index (χ1n) is 9.64. The van der Waals surface area contributed by atoms with Crippen molar-refractivity contribution >= 4 is 22.6 Å². The summed E-state index contributed by atoms with van der Waals surface area (Å²) in [5, 5.41) is 2.88. The first kappa shape index (κ1) is 18.9. The number of aromatic nitrogens is 2. The number of anilines is 1. The summed E-state index contributed by atoms with van der Waals surface area (Å²) >= 11 is 0. The number of H-pyrrole nitrogens is 1. The van der Waals surface area contributed by atoms with Crippen LogP contribution in [0.3, 0.4) is 0 Å². The van der Waals surface area contributed by atoms with Crippen LogP contribution in [-0.2, 0) is 24.1 Å². The van der Waals surface area contributed by atoms with Crippen LogP contribution in [0.2, 0.25) is 0 Å². The lowest BCUT2D eigenvalue weighted by Crippen LogP contribution is -2.14. The number of rotatable bonds is 6. The van der Waals surface area contributed by atoms with E-state index < -0.39 is 0 Å². The molecule has 0 saturated heterocycles. The molecule has 0 atom stereocenters. The number of fused-ring (bicyclic) bond motifs is 1. The Morgan fingerprint density at radius 1 is 0.966 bits per heavy atom. The first-order chi connectivity index (χ1) is 14.0. The normalized spacial score (nSPS) is 11.0. The molecule has 1 aromatic heterocycles. The Balaban J connectivity index is 1.32. The van der Waals surface area contributed by atoms with Crippen molar-refractivity contribution in [3.63, 3.8) is 0 Å². The molecule has 29 heavy (non-hydrogen) atoms. The van der Waals surface area contributed by atoms with Gasteiger partial charge >= 0.3 is 0 Å². The number of benzene rings is 3. The number of aromatic amines is 1. The van der Waals surface area contributed by atoms with Gasteiger partial charge < -0.3 is 10.3 Å². The fourth-order valence-electron chi connectivity index (χ4n) is 3.31. The number of nitrogens with zero attached hydrogens (tertiary/aromatic N) is 1. The average molecular weight is 387 g/mol. The molecule has 146 valence electrons. The zero-order valence-corrected chi connectivity index (χ0v) is 16.2. The van der Waals surface area contributed by atoms with E-state index >= 15 is 0 Å². The maximum atomic E-state index is 12.9. The number of halogens is 1. The summed E-state index contributed by atoms with van der Waals surface area (Å²) in [6.07, 6.45) is 1.90. The highest BCUT2D eigenvalue weighted by Gasteiger charge is 2.06. The Hall–Kier alpha value is -3.47. The summed E-state index contributed by atoms with van der Waals surface area (Å²) in [6.45, 7) is 2.07. The third-order valence-corrected chi connectivity index (χ3v) is 4.85. The molecule has 2 N–H and O–H groups in total. The number of hydrogen-bond donors (Lipinski definition) is 2. The first-order valence-corrected chi connectivity index (χ1v) is 9.64. The zero-order chi connectivity index (χ0) is 20.2. The molecule has 0 aliphatic rings. The highest BCUT2D eigenvalue weighted by Crippen LogP contribution is 2.16. The summed E-state index contributed by atoms with van der Waals surface area (Å²) in [7, 11) is 0. The Kier molecular flexibility index (Phi) is 5.38. The molecule has 3 aromatic carbocycles. The molecule has 1 amide bonds. The van der Waals surface area contributed by atoms with Crippen LogP contribution in [0.4, 0.5) is 10.1 Å². The molecule has 4 aromatic rings. The largest absolute Gasteiger partial charge is 0.342 e. The second-order valence-electron chi connectivity index (χ2n) is 7.25. The molecule has 0 spiro atoms. The van der Waals surface area contributed by atoms with E-state index in [9.17, 15) is 9.18 Å². The van der Waals surface area contributed by atoms with Gasteiger partial charge in [-0.1, -0.05) is 30.3 Å². The van der Waals surface area contributed by atoms with Crippen molar-refractivity contribution in [2.75, 3.05) is 5.32 Å². The molecule has 0 bridgehead atoms. The van der Waals surface area contributed by atoms with Crippen LogP contribution in [0.25, 0.3) is 11.0 Å². The van der Waals surface area contributed by atoms with Gasteiger partial charge in [-0.2, -0.15) is 0 Å². The number of amides is 1. The second-order valence-corrected chi connectivity index (χ2v) is 7.25. The number of carbonyl (C=O) groups is 1. The van der Waals surface area contributed by atoms with Gasteiger partial charge in [0.15, 0.2) is 0 Å². The standard InChI is InChI=1S/C24H22FN3O/c1-16-2-12-21-22(14-16)28-23(27-21)13-7-17-5-10-20(11-6-17)26-24(29)15-18-3-8-19(25)9-4-18/h2-6,8-12,14H,7,13,15H2,1H3,(H,26,29)(H,27,28). The molecule has 5 heteroatoms. The van der Waals surface area contributed by atoms with Crippen LogP contribution in [0.1, 0.15) is 22.5 Å². The minimum Gasteiger partial charge on any atom is -0.342 e. The fourth-order valence-corrected chi connectivity index (χ4v) is 3.31. The lowest BCUT2D eigenvalue weighted by Gasteiger charge is -2.07. The second kappa shape index (κ2) is 8.27. The number of aryl methyl sites for hydroxylation is 3. The van der Waals surface area contributed by atoms with E-state index in [0.29, 0.717) is 0 Å². The van der Waals surface area contributed by atoms with Crippen LogP contribution in [0, 0.1) is 12.7 Å².